The minimum Gasteiger partial charge on any atom is -0.320 e. The number of benzene rings is 1. The molecule has 114 valence electrons. The van der Waals surface area contributed by atoms with Crippen molar-refractivity contribution < 1.29 is 13.4 Å². The molecule has 1 aromatic carbocycles. The minimum absolute atomic E-state index is 0.0682. The lowest BCUT2D eigenvalue weighted by molar-refractivity contribution is -0.119. The van der Waals surface area contributed by atoms with Crippen molar-refractivity contribution in [2.24, 2.45) is 21.2 Å². The highest BCUT2D eigenvalue weighted by molar-refractivity contribution is 7.91. The van der Waals surface area contributed by atoms with E-state index in [1.54, 1.807) is 6.07 Å². The summed E-state index contributed by atoms with van der Waals surface area (Å²) in [4.78, 5) is 11.3. The van der Waals surface area contributed by atoms with E-state index in [4.69, 9.17) is 16.1 Å². The molecule has 0 radical (unpaired) electrons. The number of halogens is 1. The monoisotopic (exact) mass is 312 g/mol. The summed E-state index contributed by atoms with van der Waals surface area (Å²) in [6.07, 6.45) is 0.346. The maximum atomic E-state index is 13.7. The first kappa shape index (κ1) is 17.2. The van der Waals surface area contributed by atoms with Crippen LogP contribution in [0.1, 0.15) is 25.8 Å². The number of carbonyl (C=O) groups excluding carboxylic acids is 1. The van der Waals surface area contributed by atoms with Crippen molar-refractivity contribution in [3.8, 4) is 6.07 Å². The Hall–Kier alpha value is -1.82. The molecular formula is C13H17FN4O2S. The van der Waals surface area contributed by atoms with Crippen molar-refractivity contribution in [1.29, 1.82) is 5.26 Å². The van der Waals surface area contributed by atoms with Gasteiger partial charge in [-0.05, 0) is 30.5 Å². The number of hydrogen-bond donors (Lipinski definition) is 2. The predicted octanol–water partition coefficient (Wildman–Crippen LogP) is 1.30. The molecule has 0 spiro atoms. The molecule has 1 aromatic rings. The lowest BCUT2D eigenvalue weighted by atomic mass is 10.0. The summed E-state index contributed by atoms with van der Waals surface area (Å²) in [5.41, 5.74) is 5.70. The maximum absolute atomic E-state index is 13.7. The average Bonchev–Trinajstić information content (AvgIpc) is 2.37. The van der Waals surface area contributed by atoms with Crippen molar-refractivity contribution in [3.63, 3.8) is 0 Å². The van der Waals surface area contributed by atoms with E-state index in [2.05, 4.69) is 4.36 Å². The summed E-state index contributed by atoms with van der Waals surface area (Å²) in [6, 6.07) is 4.00. The van der Waals surface area contributed by atoms with Crippen LogP contribution in [0.3, 0.4) is 0 Å². The quantitative estimate of drug-likeness (QED) is 0.869. The van der Waals surface area contributed by atoms with Gasteiger partial charge in [0.2, 0.25) is 0 Å². The number of nitrogens with two attached hydrogens (primary N) is 2. The van der Waals surface area contributed by atoms with E-state index in [9.17, 15) is 13.4 Å². The van der Waals surface area contributed by atoms with Gasteiger partial charge in [0, 0.05) is 0 Å². The highest BCUT2D eigenvalue weighted by Gasteiger charge is 2.20. The first-order chi connectivity index (χ1) is 9.67. The molecule has 1 amide bonds. The zero-order chi connectivity index (χ0) is 16.2. The third-order valence-corrected chi connectivity index (χ3v) is 4.04. The lowest BCUT2D eigenvalue weighted by Crippen LogP contribution is -2.32. The fourth-order valence-electron chi connectivity index (χ4n) is 1.66. The molecule has 21 heavy (non-hydrogen) atoms. The molecule has 6 nitrogen and oxygen atoms in total. The number of hydrogen-bond acceptors (Lipinski definition) is 4. The summed E-state index contributed by atoms with van der Waals surface area (Å²) in [5.74, 6) is -1.60. The molecule has 0 bridgehead atoms. The Labute approximate surface area is 123 Å². The van der Waals surface area contributed by atoms with E-state index in [0.717, 1.165) is 12.1 Å². The fraction of sp³-hybridized carbons (Fsp3) is 0.385. The summed E-state index contributed by atoms with van der Waals surface area (Å²) in [7, 11) is -3.78. The molecule has 4 N–H and O–H groups in total. The number of nitriles is 1. The highest BCUT2D eigenvalue weighted by atomic mass is 32.2. The molecule has 1 unspecified atom stereocenters. The van der Waals surface area contributed by atoms with E-state index in [1.165, 1.54) is 6.07 Å². The second-order valence-electron chi connectivity index (χ2n) is 4.99. The summed E-state index contributed by atoms with van der Waals surface area (Å²) >= 11 is 0. The van der Waals surface area contributed by atoms with E-state index < -0.39 is 32.6 Å². The molecule has 0 aromatic heterocycles. The first-order valence-electron chi connectivity index (χ1n) is 6.21. The van der Waals surface area contributed by atoms with Crippen LogP contribution < -0.4 is 10.9 Å². The van der Waals surface area contributed by atoms with E-state index in [1.807, 2.05) is 13.8 Å². The number of rotatable bonds is 4. The van der Waals surface area contributed by atoms with Crippen LogP contribution in [0, 0.1) is 23.1 Å². The van der Waals surface area contributed by atoms with Crippen LogP contribution in [0.2, 0.25) is 0 Å². The van der Waals surface area contributed by atoms with Gasteiger partial charge in [-0.25, -0.2) is 13.7 Å². The molecule has 0 aliphatic carbocycles. The lowest BCUT2D eigenvalue weighted by Gasteiger charge is -2.11. The third-order valence-electron chi connectivity index (χ3n) is 2.64. The normalized spacial score (nSPS) is 15.1. The molecule has 1 rings (SSSR count). The fourth-order valence-corrected chi connectivity index (χ4v) is 2.80. The van der Waals surface area contributed by atoms with Gasteiger partial charge >= 0.3 is 0 Å². The van der Waals surface area contributed by atoms with Crippen LogP contribution in [0.25, 0.3) is 0 Å². The smallest absolute Gasteiger partial charge is 0.271 e. The molecule has 0 saturated heterocycles. The van der Waals surface area contributed by atoms with Gasteiger partial charge in [0.1, 0.15) is 15.7 Å². The van der Waals surface area contributed by atoms with Gasteiger partial charge in [-0.2, -0.15) is 5.26 Å². The van der Waals surface area contributed by atoms with E-state index >= 15 is 0 Å². The van der Waals surface area contributed by atoms with Crippen LogP contribution in [0.15, 0.2) is 27.5 Å². The maximum Gasteiger partial charge on any atom is 0.271 e. The largest absolute Gasteiger partial charge is 0.320 e. The second kappa shape index (κ2) is 6.76. The molecule has 0 saturated carbocycles. The number of carbonyl (C=O) groups is 1. The van der Waals surface area contributed by atoms with E-state index in [0.29, 0.717) is 6.42 Å². The Morgan fingerprint density at radius 1 is 1.52 bits per heavy atom. The number of amides is 1. The Bertz CT molecular complexity index is 703. The Kier molecular flexibility index (Phi) is 5.54. The van der Waals surface area contributed by atoms with Crippen LogP contribution >= 0.6 is 0 Å². The van der Waals surface area contributed by atoms with Gasteiger partial charge < -0.3 is 5.73 Å². The molecule has 0 fully saturated rings. The van der Waals surface area contributed by atoms with Crippen LogP contribution in [0.4, 0.5) is 4.39 Å². The molecule has 0 aliphatic heterocycles. The first-order valence-corrected chi connectivity index (χ1v) is 7.79. The van der Waals surface area contributed by atoms with E-state index in [-0.39, 0.29) is 11.5 Å². The van der Waals surface area contributed by atoms with Crippen molar-refractivity contribution in [2.45, 2.75) is 31.2 Å². The van der Waals surface area contributed by atoms with Crippen LogP contribution in [-0.2, 0) is 14.7 Å². The predicted molar refractivity (Wildman–Crippen MR) is 76.6 cm³/mol. The summed E-state index contributed by atoms with van der Waals surface area (Å²) in [6.45, 7) is 3.73. The summed E-state index contributed by atoms with van der Waals surface area (Å²) in [5, 5.41) is 14.2. The Morgan fingerprint density at radius 3 is 2.67 bits per heavy atom. The highest BCUT2D eigenvalue weighted by Crippen LogP contribution is 2.17. The minimum atomic E-state index is -3.78. The molecule has 2 atom stereocenters. The van der Waals surface area contributed by atoms with Crippen LogP contribution in [0.5, 0.6) is 0 Å². The van der Waals surface area contributed by atoms with Gasteiger partial charge in [-0.1, -0.05) is 13.8 Å². The van der Waals surface area contributed by atoms with Gasteiger partial charge in [0.15, 0.2) is 0 Å². The zero-order valence-electron chi connectivity index (χ0n) is 11.7. The van der Waals surface area contributed by atoms with Crippen molar-refractivity contribution in [3.05, 3.63) is 29.6 Å². The van der Waals surface area contributed by atoms with Crippen molar-refractivity contribution in [2.75, 3.05) is 0 Å². The molecule has 0 aliphatic rings. The standard InChI is InChI=1S/C13H17FN4O2S/c1-8(2)5-11(16)13(19)18-21(17,20)12-6-9(7-15)3-4-10(12)14/h3-4,6,8,11H,5,16H2,1-2H3,(H2,17,18,19,20)/t11-,21?/m0/s1. The third kappa shape index (κ3) is 4.60. The SMILES string of the molecule is CC(C)C[C@H](N)C(=O)N=S(N)(=O)c1cc(C#N)ccc1F. The average molecular weight is 312 g/mol. The Balaban J connectivity index is 3.22. The van der Waals surface area contributed by atoms with Gasteiger partial charge in [0.05, 0.1) is 22.6 Å². The molecular weight excluding hydrogens is 295 g/mol. The second-order valence-corrected chi connectivity index (χ2v) is 6.75. The molecule has 8 heteroatoms. The van der Waals surface area contributed by atoms with Gasteiger partial charge in [-0.15, -0.1) is 4.36 Å². The van der Waals surface area contributed by atoms with Crippen LogP contribution in [-0.4, -0.2) is 16.2 Å². The topological polar surface area (TPSA) is 122 Å². The zero-order valence-corrected chi connectivity index (χ0v) is 12.6. The molecule has 0 heterocycles. The Morgan fingerprint density at radius 2 is 2.14 bits per heavy atom. The van der Waals surface area contributed by atoms with Gasteiger partial charge in [0.25, 0.3) is 5.91 Å². The summed E-state index contributed by atoms with van der Waals surface area (Å²) < 4.78 is 29.3. The number of nitrogens with zero attached hydrogens (tertiary/aromatic N) is 2. The van der Waals surface area contributed by atoms with Crippen molar-refractivity contribution >= 4 is 15.8 Å². The van der Waals surface area contributed by atoms with Crippen molar-refractivity contribution in [1.82, 2.24) is 0 Å². The van der Waals surface area contributed by atoms with Gasteiger partial charge in [-0.3, -0.25) is 4.79 Å².